The molecule has 8 nitrogen and oxygen atoms in total. The fourth-order valence-corrected chi connectivity index (χ4v) is 5.80. The fraction of sp³-hybridized carbons (Fsp3) is 0.333. The topological polar surface area (TPSA) is 96.0 Å². The molecule has 0 aliphatic heterocycles. The first-order valence-electron chi connectivity index (χ1n) is 13.1. The molecule has 0 bridgehead atoms. The van der Waals surface area contributed by atoms with E-state index in [9.17, 15) is 18.0 Å². The van der Waals surface area contributed by atoms with Crippen molar-refractivity contribution in [2.24, 2.45) is 5.92 Å². The Morgan fingerprint density at radius 3 is 2.22 bits per heavy atom. The third-order valence-corrected chi connectivity index (χ3v) is 8.94. The second-order valence-corrected chi connectivity index (χ2v) is 12.8. The van der Waals surface area contributed by atoms with E-state index >= 15 is 0 Å². The number of ether oxygens (including phenoxy) is 1. The zero-order valence-electron chi connectivity index (χ0n) is 23.7. The Morgan fingerprint density at radius 2 is 1.61 bits per heavy atom. The van der Waals surface area contributed by atoms with E-state index in [2.05, 4.69) is 5.32 Å². The van der Waals surface area contributed by atoms with Crippen molar-refractivity contribution in [3.63, 3.8) is 0 Å². The number of para-hydroxylation sites is 2. The van der Waals surface area contributed by atoms with E-state index in [1.54, 1.807) is 61.5 Å². The van der Waals surface area contributed by atoms with Crippen LogP contribution in [0.4, 0.5) is 5.69 Å². The summed E-state index contributed by atoms with van der Waals surface area (Å²) < 4.78 is 34.4. The summed E-state index contributed by atoms with van der Waals surface area (Å²) in [6, 6.07) is 16.9. The molecule has 0 fully saturated rings. The van der Waals surface area contributed by atoms with E-state index < -0.39 is 28.5 Å². The molecule has 2 amide bonds. The minimum Gasteiger partial charge on any atom is -0.495 e. The van der Waals surface area contributed by atoms with Gasteiger partial charge in [0, 0.05) is 13.1 Å². The summed E-state index contributed by atoms with van der Waals surface area (Å²) >= 11 is 12.3. The SMILES string of the molecule is COc1ccccc1N(CC(=O)N(Cc1ccc(Cl)c(Cl)c1)[C@H](C)C(=O)NCC(C)C)S(=O)(=O)c1ccc(C)cc1. The minimum absolute atomic E-state index is 0.00364. The quantitative estimate of drug-likeness (QED) is 0.281. The number of sulfonamides is 1. The zero-order chi connectivity index (χ0) is 30.3. The van der Waals surface area contributed by atoms with Gasteiger partial charge in [-0.25, -0.2) is 8.42 Å². The number of benzene rings is 3. The van der Waals surface area contributed by atoms with E-state index in [4.69, 9.17) is 27.9 Å². The molecule has 3 rings (SSSR count). The van der Waals surface area contributed by atoms with Crippen LogP contribution in [-0.2, 0) is 26.2 Å². The van der Waals surface area contributed by atoms with Crippen LogP contribution < -0.4 is 14.4 Å². The summed E-state index contributed by atoms with van der Waals surface area (Å²) in [5.74, 6) is -0.483. The molecular weight excluding hydrogens is 585 g/mol. The van der Waals surface area contributed by atoms with E-state index in [0.717, 1.165) is 9.87 Å². The Morgan fingerprint density at radius 1 is 0.951 bits per heavy atom. The number of nitrogens with one attached hydrogen (secondary N) is 1. The molecule has 0 unspecified atom stereocenters. The summed E-state index contributed by atoms with van der Waals surface area (Å²) in [5.41, 5.74) is 1.70. The number of amides is 2. The normalized spacial score (nSPS) is 12.1. The molecule has 0 heterocycles. The largest absolute Gasteiger partial charge is 0.495 e. The third kappa shape index (κ3) is 8.15. The molecule has 3 aromatic carbocycles. The van der Waals surface area contributed by atoms with Gasteiger partial charge in [0.15, 0.2) is 0 Å². The lowest BCUT2D eigenvalue weighted by Gasteiger charge is -2.32. The van der Waals surface area contributed by atoms with Crippen molar-refractivity contribution in [2.75, 3.05) is 24.5 Å². The molecule has 1 N–H and O–H groups in total. The lowest BCUT2D eigenvalue weighted by molar-refractivity contribution is -0.139. The standard InChI is InChI=1S/C30H35Cl2N3O5S/c1-20(2)17-33-30(37)22(4)34(18-23-12-15-25(31)26(32)16-23)29(36)19-35(27-8-6-7-9-28(27)40-5)41(38,39)24-13-10-21(3)11-14-24/h6-16,20,22H,17-19H2,1-5H3,(H,33,37)/t22-/m1/s1. The molecule has 0 aliphatic rings. The van der Waals surface area contributed by atoms with Crippen LogP contribution in [0, 0.1) is 12.8 Å². The molecule has 0 spiro atoms. The van der Waals surface area contributed by atoms with Crippen molar-refractivity contribution < 1.29 is 22.7 Å². The van der Waals surface area contributed by atoms with Crippen molar-refractivity contribution in [1.82, 2.24) is 10.2 Å². The van der Waals surface area contributed by atoms with Gasteiger partial charge in [0.25, 0.3) is 10.0 Å². The average molecular weight is 621 g/mol. The number of carbonyl (C=O) groups excluding carboxylic acids is 2. The van der Waals surface area contributed by atoms with Gasteiger partial charge in [0.2, 0.25) is 11.8 Å². The van der Waals surface area contributed by atoms with Gasteiger partial charge in [-0.2, -0.15) is 0 Å². The maximum absolute atomic E-state index is 14.0. The molecule has 0 saturated heterocycles. The number of halogens is 2. The van der Waals surface area contributed by atoms with E-state index in [1.165, 1.54) is 24.1 Å². The minimum atomic E-state index is -4.22. The number of nitrogens with zero attached hydrogens (tertiary/aromatic N) is 2. The predicted molar refractivity (Wildman–Crippen MR) is 163 cm³/mol. The first-order chi connectivity index (χ1) is 19.3. The Bertz CT molecular complexity index is 1480. The highest BCUT2D eigenvalue weighted by molar-refractivity contribution is 7.92. The number of methoxy groups -OCH3 is 1. The summed E-state index contributed by atoms with van der Waals surface area (Å²) in [5, 5.41) is 3.50. The van der Waals surface area contributed by atoms with E-state index in [-0.39, 0.29) is 34.7 Å². The number of aryl methyl sites for hydroxylation is 1. The van der Waals surface area contributed by atoms with Gasteiger partial charge in [-0.05, 0) is 61.7 Å². The van der Waals surface area contributed by atoms with Crippen LogP contribution in [0.1, 0.15) is 31.9 Å². The highest BCUT2D eigenvalue weighted by atomic mass is 35.5. The first kappa shape index (κ1) is 32.2. The number of hydrogen-bond donors (Lipinski definition) is 1. The molecule has 0 aliphatic carbocycles. The van der Waals surface area contributed by atoms with Gasteiger partial charge < -0.3 is 15.0 Å². The Balaban J connectivity index is 2.06. The monoisotopic (exact) mass is 619 g/mol. The maximum Gasteiger partial charge on any atom is 0.264 e. The molecule has 0 saturated carbocycles. The number of carbonyl (C=O) groups is 2. The summed E-state index contributed by atoms with van der Waals surface area (Å²) in [4.78, 5) is 28.5. The van der Waals surface area contributed by atoms with Crippen LogP contribution in [0.3, 0.4) is 0 Å². The predicted octanol–water partition coefficient (Wildman–Crippen LogP) is 5.70. The van der Waals surface area contributed by atoms with Gasteiger partial charge >= 0.3 is 0 Å². The smallest absolute Gasteiger partial charge is 0.264 e. The van der Waals surface area contributed by atoms with Gasteiger partial charge in [-0.1, -0.05) is 72.9 Å². The summed E-state index contributed by atoms with van der Waals surface area (Å²) in [6.07, 6.45) is 0. The Kier molecular flexibility index (Phi) is 11.1. The molecular formula is C30H35Cl2N3O5S. The van der Waals surface area contributed by atoms with Gasteiger partial charge in [-0.15, -0.1) is 0 Å². The number of anilines is 1. The van der Waals surface area contributed by atoms with Crippen LogP contribution in [0.15, 0.2) is 71.6 Å². The van der Waals surface area contributed by atoms with Crippen LogP contribution >= 0.6 is 23.2 Å². The van der Waals surface area contributed by atoms with Crippen LogP contribution in [0.2, 0.25) is 10.0 Å². The molecule has 0 radical (unpaired) electrons. The van der Waals surface area contributed by atoms with Gasteiger partial charge in [-0.3, -0.25) is 13.9 Å². The molecule has 11 heteroatoms. The van der Waals surface area contributed by atoms with Crippen molar-refractivity contribution in [2.45, 2.75) is 45.2 Å². The van der Waals surface area contributed by atoms with E-state index in [0.29, 0.717) is 22.2 Å². The highest BCUT2D eigenvalue weighted by Gasteiger charge is 2.33. The average Bonchev–Trinajstić information content (AvgIpc) is 2.94. The zero-order valence-corrected chi connectivity index (χ0v) is 26.1. The fourth-order valence-electron chi connectivity index (χ4n) is 4.06. The summed E-state index contributed by atoms with van der Waals surface area (Å²) in [7, 11) is -2.79. The third-order valence-electron chi connectivity index (χ3n) is 6.43. The lowest BCUT2D eigenvalue weighted by atomic mass is 10.1. The molecule has 0 aromatic heterocycles. The van der Waals surface area contributed by atoms with Crippen LogP contribution in [0.5, 0.6) is 5.75 Å². The van der Waals surface area contributed by atoms with Crippen LogP contribution in [0.25, 0.3) is 0 Å². The molecule has 220 valence electrons. The number of hydrogen-bond acceptors (Lipinski definition) is 5. The number of rotatable bonds is 12. The highest BCUT2D eigenvalue weighted by Crippen LogP contribution is 2.33. The summed E-state index contributed by atoms with van der Waals surface area (Å²) in [6.45, 7) is 7.22. The van der Waals surface area contributed by atoms with Crippen molar-refractivity contribution in [3.05, 3.63) is 87.9 Å². The second-order valence-electron chi connectivity index (χ2n) is 10.1. The molecule has 3 aromatic rings. The molecule has 1 atom stereocenters. The second kappa shape index (κ2) is 14.1. The first-order valence-corrected chi connectivity index (χ1v) is 15.3. The molecule has 41 heavy (non-hydrogen) atoms. The maximum atomic E-state index is 14.0. The van der Waals surface area contributed by atoms with E-state index in [1.807, 2.05) is 20.8 Å². The van der Waals surface area contributed by atoms with Crippen LogP contribution in [-0.4, -0.2) is 51.4 Å². The van der Waals surface area contributed by atoms with Gasteiger partial charge in [0.1, 0.15) is 18.3 Å². The van der Waals surface area contributed by atoms with Crippen molar-refractivity contribution >= 4 is 50.7 Å². The Labute approximate surface area is 252 Å². The lowest BCUT2D eigenvalue weighted by Crippen LogP contribution is -2.51. The van der Waals surface area contributed by atoms with Crippen molar-refractivity contribution in [3.8, 4) is 5.75 Å². The van der Waals surface area contributed by atoms with Crippen molar-refractivity contribution in [1.29, 1.82) is 0 Å². The Hall–Kier alpha value is -3.27. The van der Waals surface area contributed by atoms with Gasteiger partial charge in [0.05, 0.1) is 27.7 Å².